The zero-order chi connectivity index (χ0) is 11.0. The van der Waals surface area contributed by atoms with Gasteiger partial charge in [-0.15, -0.1) is 0 Å². The lowest BCUT2D eigenvalue weighted by Gasteiger charge is -2.36. The van der Waals surface area contributed by atoms with E-state index in [1.165, 1.54) is 6.92 Å². The van der Waals surface area contributed by atoms with Gasteiger partial charge < -0.3 is 10.0 Å². The van der Waals surface area contributed by atoms with Gasteiger partial charge >= 0.3 is 12.1 Å². The number of rotatable bonds is 0. The molecule has 1 amide bonds. The van der Waals surface area contributed by atoms with Gasteiger partial charge in [0, 0.05) is 13.1 Å². The lowest BCUT2D eigenvalue weighted by molar-refractivity contribution is -0.190. The minimum atomic E-state index is -4.84. The number of piperidine rings is 1. The van der Waals surface area contributed by atoms with E-state index in [4.69, 9.17) is 0 Å². The van der Waals surface area contributed by atoms with E-state index in [1.54, 1.807) is 0 Å². The molecule has 0 spiro atoms. The lowest BCUT2D eigenvalue weighted by Crippen LogP contribution is -2.52. The van der Waals surface area contributed by atoms with Crippen molar-refractivity contribution in [2.75, 3.05) is 13.1 Å². The van der Waals surface area contributed by atoms with Gasteiger partial charge in [-0.3, -0.25) is 4.79 Å². The fourth-order valence-electron chi connectivity index (χ4n) is 1.57. The molecule has 0 aromatic rings. The number of carbonyl (C=O) groups excluding carboxylic acids is 1. The van der Waals surface area contributed by atoms with Crippen LogP contribution in [0.5, 0.6) is 0 Å². The normalized spacial score (nSPS) is 29.1. The molecule has 1 aliphatic heterocycles. The van der Waals surface area contributed by atoms with Crippen LogP contribution in [0.15, 0.2) is 0 Å². The van der Waals surface area contributed by atoms with Crippen LogP contribution in [0.1, 0.15) is 19.8 Å². The van der Waals surface area contributed by atoms with Crippen molar-refractivity contribution in [2.45, 2.75) is 31.5 Å². The molecule has 1 N–H and O–H groups in total. The number of likely N-dealkylation sites (tertiary alicyclic amines) is 1. The number of alkyl halides is 3. The number of amides is 1. The first-order valence-electron chi connectivity index (χ1n) is 4.31. The van der Waals surface area contributed by atoms with Gasteiger partial charge in [-0.05, 0) is 19.8 Å². The molecule has 0 aromatic heterocycles. The summed E-state index contributed by atoms with van der Waals surface area (Å²) in [5.41, 5.74) is -1.20. The Hall–Kier alpha value is -0.780. The molecule has 1 aliphatic rings. The molecule has 3 nitrogen and oxygen atoms in total. The van der Waals surface area contributed by atoms with Gasteiger partial charge in [0.25, 0.3) is 0 Å². The zero-order valence-electron chi connectivity index (χ0n) is 7.76. The van der Waals surface area contributed by atoms with Crippen molar-refractivity contribution in [3.05, 3.63) is 0 Å². The van der Waals surface area contributed by atoms with Crippen LogP contribution in [0.2, 0.25) is 0 Å². The first kappa shape index (κ1) is 11.3. The van der Waals surface area contributed by atoms with Crippen molar-refractivity contribution >= 4 is 5.91 Å². The van der Waals surface area contributed by atoms with Crippen LogP contribution < -0.4 is 0 Å². The summed E-state index contributed by atoms with van der Waals surface area (Å²) in [5, 5.41) is 9.50. The Morgan fingerprint density at radius 1 is 1.50 bits per heavy atom. The van der Waals surface area contributed by atoms with Crippen LogP contribution in [-0.4, -0.2) is 40.8 Å². The topological polar surface area (TPSA) is 40.5 Å². The minimum Gasteiger partial charge on any atom is -0.388 e. The third kappa shape index (κ3) is 2.60. The van der Waals surface area contributed by atoms with E-state index in [9.17, 15) is 23.1 Å². The quantitative estimate of drug-likeness (QED) is 0.647. The number of carbonyl (C=O) groups is 1. The Morgan fingerprint density at radius 2 is 2.07 bits per heavy atom. The number of aliphatic hydroxyl groups is 1. The molecular weight excluding hydrogens is 199 g/mol. The number of hydrogen-bond donors (Lipinski definition) is 1. The van der Waals surface area contributed by atoms with Crippen LogP contribution in [-0.2, 0) is 4.79 Å². The smallest absolute Gasteiger partial charge is 0.388 e. The van der Waals surface area contributed by atoms with E-state index in [0.717, 1.165) is 0 Å². The number of halogens is 3. The molecule has 0 aliphatic carbocycles. The summed E-state index contributed by atoms with van der Waals surface area (Å²) >= 11 is 0. The van der Waals surface area contributed by atoms with Gasteiger partial charge in [-0.25, -0.2) is 0 Å². The summed E-state index contributed by atoms with van der Waals surface area (Å²) in [4.78, 5) is 11.5. The zero-order valence-corrected chi connectivity index (χ0v) is 7.76. The Morgan fingerprint density at radius 3 is 2.50 bits per heavy atom. The number of nitrogens with zero attached hydrogens (tertiary/aromatic N) is 1. The maximum Gasteiger partial charge on any atom is 0.471 e. The van der Waals surface area contributed by atoms with Crippen molar-refractivity contribution in [2.24, 2.45) is 0 Å². The number of β-amino-alcohol motifs (C(OH)–C–C–N with tert-alkyl or cyclic N) is 1. The SMILES string of the molecule is CC1(O)CCCN(C(=O)C(F)(F)F)C1. The van der Waals surface area contributed by atoms with Crippen LogP contribution >= 0.6 is 0 Å². The molecule has 14 heavy (non-hydrogen) atoms. The molecular formula is C8H12F3NO2. The molecule has 1 unspecified atom stereocenters. The van der Waals surface area contributed by atoms with E-state index >= 15 is 0 Å². The summed E-state index contributed by atoms with van der Waals surface area (Å²) in [5.74, 6) is -1.86. The van der Waals surface area contributed by atoms with Crippen LogP contribution in [0, 0.1) is 0 Å². The van der Waals surface area contributed by atoms with Gasteiger partial charge in [0.1, 0.15) is 0 Å². The Kier molecular flexibility index (Phi) is 2.76. The monoisotopic (exact) mass is 211 g/mol. The largest absolute Gasteiger partial charge is 0.471 e. The standard InChI is InChI=1S/C8H12F3NO2/c1-7(14)3-2-4-12(5-7)6(13)8(9,10)11/h14H,2-5H2,1H3. The average molecular weight is 211 g/mol. The Bertz CT molecular complexity index is 237. The Labute approximate surface area is 79.5 Å². The molecule has 1 saturated heterocycles. The Balaban J connectivity index is 2.66. The maximum absolute atomic E-state index is 12.0. The highest BCUT2D eigenvalue weighted by Gasteiger charge is 2.45. The average Bonchev–Trinajstić information content (AvgIpc) is 1.99. The van der Waals surface area contributed by atoms with Crippen LogP contribution in [0.25, 0.3) is 0 Å². The first-order chi connectivity index (χ1) is 6.22. The summed E-state index contributed by atoms with van der Waals surface area (Å²) in [6.07, 6.45) is -4.02. The van der Waals surface area contributed by atoms with Crippen molar-refractivity contribution in [1.29, 1.82) is 0 Å². The van der Waals surface area contributed by atoms with E-state index in [2.05, 4.69) is 0 Å². The van der Waals surface area contributed by atoms with E-state index in [1.807, 2.05) is 0 Å². The minimum absolute atomic E-state index is 0.0640. The van der Waals surface area contributed by atoms with Crippen LogP contribution in [0.3, 0.4) is 0 Å². The molecule has 1 rings (SSSR count). The second-order valence-corrected chi connectivity index (χ2v) is 3.82. The summed E-state index contributed by atoms with van der Waals surface area (Å²) < 4.78 is 36.0. The second-order valence-electron chi connectivity index (χ2n) is 3.82. The van der Waals surface area contributed by atoms with E-state index in [-0.39, 0.29) is 13.1 Å². The predicted molar refractivity (Wildman–Crippen MR) is 42.5 cm³/mol. The van der Waals surface area contributed by atoms with Crippen molar-refractivity contribution in [3.63, 3.8) is 0 Å². The third-order valence-corrected chi connectivity index (χ3v) is 2.20. The molecule has 1 heterocycles. The molecule has 0 bridgehead atoms. The van der Waals surface area contributed by atoms with Gasteiger partial charge in [0.2, 0.25) is 0 Å². The van der Waals surface area contributed by atoms with Crippen LogP contribution in [0.4, 0.5) is 13.2 Å². The molecule has 1 fully saturated rings. The molecule has 0 saturated carbocycles. The van der Waals surface area contributed by atoms with Gasteiger partial charge in [0.15, 0.2) is 0 Å². The van der Waals surface area contributed by atoms with E-state index in [0.29, 0.717) is 17.7 Å². The maximum atomic E-state index is 12.0. The predicted octanol–water partition coefficient (Wildman–Crippen LogP) is 0.922. The van der Waals surface area contributed by atoms with Crippen molar-refractivity contribution in [3.8, 4) is 0 Å². The summed E-state index contributed by atoms with van der Waals surface area (Å²) in [6.45, 7) is 1.25. The summed E-state index contributed by atoms with van der Waals surface area (Å²) in [7, 11) is 0. The van der Waals surface area contributed by atoms with Crippen molar-refractivity contribution in [1.82, 2.24) is 4.90 Å². The van der Waals surface area contributed by atoms with Gasteiger partial charge in [-0.1, -0.05) is 0 Å². The first-order valence-corrected chi connectivity index (χ1v) is 4.31. The molecule has 0 aromatic carbocycles. The summed E-state index contributed by atoms with van der Waals surface area (Å²) in [6, 6.07) is 0. The second kappa shape index (κ2) is 3.42. The third-order valence-electron chi connectivity index (χ3n) is 2.20. The highest BCUT2D eigenvalue weighted by Crippen LogP contribution is 2.25. The molecule has 0 radical (unpaired) electrons. The molecule has 6 heteroatoms. The highest BCUT2D eigenvalue weighted by molar-refractivity contribution is 5.82. The van der Waals surface area contributed by atoms with Crippen molar-refractivity contribution < 1.29 is 23.1 Å². The molecule has 82 valence electrons. The lowest BCUT2D eigenvalue weighted by atomic mass is 9.95. The van der Waals surface area contributed by atoms with Gasteiger partial charge in [-0.2, -0.15) is 13.2 Å². The fraction of sp³-hybridized carbons (Fsp3) is 0.875. The fourth-order valence-corrected chi connectivity index (χ4v) is 1.57. The molecule has 1 atom stereocenters. The van der Waals surface area contributed by atoms with Gasteiger partial charge in [0.05, 0.1) is 5.60 Å². The number of hydrogen-bond acceptors (Lipinski definition) is 2. The van der Waals surface area contributed by atoms with E-state index < -0.39 is 17.7 Å². The highest BCUT2D eigenvalue weighted by atomic mass is 19.4.